The molecule has 7 heteroatoms. The van der Waals surface area contributed by atoms with Gasteiger partial charge in [-0.1, -0.05) is 18.6 Å². The number of ether oxygens (including phenoxy) is 1. The number of methoxy groups -OCH3 is 1. The zero-order valence-electron chi connectivity index (χ0n) is 15.6. The number of nitrogens with one attached hydrogen (secondary N) is 2. The Labute approximate surface area is 153 Å². The van der Waals surface area contributed by atoms with Gasteiger partial charge >= 0.3 is 6.18 Å². The Morgan fingerprint density at radius 3 is 2.73 bits per heavy atom. The molecule has 0 radical (unpaired) electrons. The van der Waals surface area contributed by atoms with E-state index in [0.717, 1.165) is 29.7 Å². The lowest BCUT2D eigenvalue weighted by molar-refractivity contribution is -0.183. The summed E-state index contributed by atoms with van der Waals surface area (Å²) in [5.41, 5.74) is 2.21. The van der Waals surface area contributed by atoms with Crippen molar-refractivity contribution in [3.63, 3.8) is 0 Å². The van der Waals surface area contributed by atoms with Gasteiger partial charge in [0, 0.05) is 19.6 Å². The Bertz CT molecular complexity index is 617. The molecule has 4 nitrogen and oxygen atoms in total. The minimum Gasteiger partial charge on any atom is -0.496 e. The second kappa shape index (κ2) is 9.14. The van der Waals surface area contributed by atoms with Crippen molar-refractivity contribution in [3.8, 4) is 5.75 Å². The number of alkyl halides is 3. The minimum atomic E-state index is -4.11. The molecule has 26 heavy (non-hydrogen) atoms. The van der Waals surface area contributed by atoms with Gasteiger partial charge in [-0.3, -0.25) is 4.99 Å². The normalized spacial score (nSPS) is 21.4. The number of benzene rings is 1. The van der Waals surface area contributed by atoms with Crippen molar-refractivity contribution in [2.24, 2.45) is 10.9 Å². The number of rotatable bonds is 5. The molecule has 1 saturated carbocycles. The van der Waals surface area contributed by atoms with Crippen molar-refractivity contribution >= 4 is 5.96 Å². The highest BCUT2D eigenvalue weighted by atomic mass is 19.4. The second-order valence-electron chi connectivity index (χ2n) is 6.80. The Morgan fingerprint density at radius 1 is 1.31 bits per heavy atom. The summed E-state index contributed by atoms with van der Waals surface area (Å²) in [5.74, 6) is 0.189. The first kappa shape index (κ1) is 20.4. The van der Waals surface area contributed by atoms with Gasteiger partial charge in [0.25, 0.3) is 0 Å². The highest BCUT2D eigenvalue weighted by Gasteiger charge is 2.42. The highest BCUT2D eigenvalue weighted by Crippen LogP contribution is 2.37. The molecule has 1 aliphatic carbocycles. The predicted molar refractivity (Wildman–Crippen MR) is 97.7 cm³/mol. The summed E-state index contributed by atoms with van der Waals surface area (Å²) in [5, 5.41) is 6.33. The van der Waals surface area contributed by atoms with Crippen molar-refractivity contribution in [2.75, 3.05) is 20.7 Å². The lowest BCUT2D eigenvalue weighted by Gasteiger charge is -2.31. The number of hydrogen-bond donors (Lipinski definition) is 2. The maximum Gasteiger partial charge on any atom is 0.391 e. The molecule has 0 amide bonds. The Hall–Kier alpha value is -1.92. The number of aliphatic imine (C=N–C) groups is 1. The van der Waals surface area contributed by atoms with Crippen LogP contribution in [0.5, 0.6) is 5.75 Å². The van der Waals surface area contributed by atoms with Gasteiger partial charge in [-0.2, -0.15) is 13.2 Å². The zero-order chi connectivity index (χ0) is 19.2. The lowest BCUT2D eigenvalue weighted by Crippen LogP contribution is -2.47. The quantitative estimate of drug-likeness (QED) is 0.611. The first-order chi connectivity index (χ1) is 12.3. The van der Waals surface area contributed by atoms with E-state index in [1.807, 2.05) is 25.1 Å². The summed E-state index contributed by atoms with van der Waals surface area (Å²) in [6.45, 7) is 2.63. The van der Waals surface area contributed by atoms with Crippen molar-refractivity contribution in [3.05, 3.63) is 29.3 Å². The van der Waals surface area contributed by atoms with E-state index in [-0.39, 0.29) is 18.9 Å². The molecule has 2 rings (SSSR count). The average Bonchev–Trinajstić information content (AvgIpc) is 2.61. The van der Waals surface area contributed by atoms with Gasteiger partial charge in [-0.25, -0.2) is 0 Å². The molecular weight excluding hydrogens is 343 g/mol. The molecule has 1 aromatic rings. The van der Waals surface area contributed by atoms with Gasteiger partial charge < -0.3 is 15.4 Å². The Kier molecular flexibility index (Phi) is 7.17. The topological polar surface area (TPSA) is 45.7 Å². The number of guanidine groups is 1. The van der Waals surface area contributed by atoms with Crippen LogP contribution in [-0.4, -0.2) is 38.9 Å². The molecule has 2 unspecified atom stereocenters. The molecule has 0 bridgehead atoms. The summed E-state index contributed by atoms with van der Waals surface area (Å²) in [6, 6.07) is 5.87. The fourth-order valence-corrected chi connectivity index (χ4v) is 3.35. The van der Waals surface area contributed by atoms with Crippen molar-refractivity contribution in [2.45, 2.75) is 51.2 Å². The van der Waals surface area contributed by atoms with Crippen molar-refractivity contribution in [1.82, 2.24) is 10.6 Å². The van der Waals surface area contributed by atoms with Crippen LogP contribution in [-0.2, 0) is 6.42 Å². The van der Waals surface area contributed by atoms with E-state index in [2.05, 4.69) is 15.6 Å². The molecule has 0 saturated heterocycles. The number of hydrogen-bond acceptors (Lipinski definition) is 2. The molecule has 2 N–H and O–H groups in total. The molecule has 0 aromatic heterocycles. The third kappa shape index (κ3) is 5.81. The summed E-state index contributed by atoms with van der Waals surface area (Å²) in [4.78, 5) is 4.14. The van der Waals surface area contributed by atoms with E-state index < -0.39 is 12.1 Å². The molecule has 1 aromatic carbocycles. The highest BCUT2D eigenvalue weighted by molar-refractivity contribution is 5.79. The SMILES string of the molecule is CN=C(NCCc1ccc(C)c(OC)c1)NC1CCCC(C(F)(F)F)C1. The number of nitrogens with zero attached hydrogens (tertiary/aromatic N) is 1. The van der Waals surface area contributed by atoms with E-state index in [9.17, 15) is 13.2 Å². The smallest absolute Gasteiger partial charge is 0.391 e. The number of halogens is 3. The van der Waals surface area contributed by atoms with Crippen LogP contribution < -0.4 is 15.4 Å². The maximum absolute atomic E-state index is 12.9. The maximum atomic E-state index is 12.9. The van der Waals surface area contributed by atoms with Crippen LogP contribution in [0.1, 0.15) is 36.8 Å². The summed E-state index contributed by atoms with van der Waals surface area (Å²) >= 11 is 0. The van der Waals surface area contributed by atoms with E-state index in [4.69, 9.17) is 4.74 Å². The fraction of sp³-hybridized carbons (Fsp3) is 0.632. The Morgan fingerprint density at radius 2 is 2.08 bits per heavy atom. The largest absolute Gasteiger partial charge is 0.496 e. The van der Waals surface area contributed by atoms with Crippen molar-refractivity contribution < 1.29 is 17.9 Å². The van der Waals surface area contributed by atoms with Crippen LogP contribution in [0.2, 0.25) is 0 Å². The van der Waals surface area contributed by atoms with Crippen LogP contribution >= 0.6 is 0 Å². The molecule has 0 aliphatic heterocycles. The van der Waals surface area contributed by atoms with E-state index >= 15 is 0 Å². The van der Waals surface area contributed by atoms with Gasteiger partial charge in [-0.05, 0) is 49.8 Å². The van der Waals surface area contributed by atoms with Crippen molar-refractivity contribution in [1.29, 1.82) is 0 Å². The summed E-state index contributed by atoms with van der Waals surface area (Å²) in [6.07, 6.45) is -1.68. The average molecular weight is 371 g/mol. The standard InChI is InChI=1S/C19H28F3N3O/c1-13-7-8-14(11-17(13)26-3)9-10-24-18(23-2)25-16-6-4-5-15(12-16)19(20,21)22/h7-8,11,15-16H,4-6,9-10,12H2,1-3H3,(H2,23,24,25). The molecule has 0 heterocycles. The molecule has 146 valence electrons. The third-order valence-electron chi connectivity index (χ3n) is 4.88. The van der Waals surface area contributed by atoms with E-state index in [0.29, 0.717) is 18.9 Å². The van der Waals surface area contributed by atoms with E-state index in [1.165, 1.54) is 0 Å². The molecule has 0 spiro atoms. The zero-order valence-corrected chi connectivity index (χ0v) is 15.6. The fourth-order valence-electron chi connectivity index (χ4n) is 3.35. The second-order valence-corrected chi connectivity index (χ2v) is 6.80. The molecule has 2 atom stereocenters. The molecular formula is C19H28F3N3O. The van der Waals surface area contributed by atoms with Crippen LogP contribution in [0.15, 0.2) is 23.2 Å². The molecule has 1 aliphatic rings. The van der Waals surface area contributed by atoms with Crippen LogP contribution in [0.25, 0.3) is 0 Å². The monoisotopic (exact) mass is 371 g/mol. The van der Waals surface area contributed by atoms with Gasteiger partial charge in [0.1, 0.15) is 5.75 Å². The lowest BCUT2D eigenvalue weighted by atomic mass is 9.85. The predicted octanol–water partition coefficient (Wildman–Crippen LogP) is 3.83. The van der Waals surface area contributed by atoms with Gasteiger partial charge in [0.15, 0.2) is 5.96 Å². The van der Waals surface area contributed by atoms with Gasteiger partial charge in [-0.15, -0.1) is 0 Å². The Balaban J connectivity index is 1.82. The first-order valence-corrected chi connectivity index (χ1v) is 9.01. The summed E-state index contributed by atoms with van der Waals surface area (Å²) in [7, 11) is 3.28. The minimum absolute atomic E-state index is 0.110. The van der Waals surface area contributed by atoms with Crippen LogP contribution in [0.3, 0.4) is 0 Å². The van der Waals surface area contributed by atoms with Gasteiger partial charge in [0.05, 0.1) is 13.0 Å². The van der Waals surface area contributed by atoms with Crippen LogP contribution in [0, 0.1) is 12.8 Å². The number of aryl methyl sites for hydroxylation is 1. The molecule has 1 fully saturated rings. The first-order valence-electron chi connectivity index (χ1n) is 9.01. The van der Waals surface area contributed by atoms with Crippen LogP contribution in [0.4, 0.5) is 13.2 Å². The third-order valence-corrected chi connectivity index (χ3v) is 4.88. The summed E-state index contributed by atoms with van der Waals surface area (Å²) < 4.78 is 44.1. The van der Waals surface area contributed by atoms with Gasteiger partial charge in [0.2, 0.25) is 0 Å². The van der Waals surface area contributed by atoms with E-state index in [1.54, 1.807) is 14.2 Å².